The molecule has 0 unspecified atom stereocenters. The molecule has 4 heteroatoms. The van der Waals surface area contributed by atoms with Crippen LogP contribution in [0.2, 0.25) is 0 Å². The fourth-order valence-corrected chi connectivity index (χ4v) is 4.28. The normalized spacial score (nSPS) is 18.4. The predicted molar refractivity (Wildman–Crippen MR) is 85.3 cm³/mol. The van der Waals surface area contributed by atoms with Gasteiger partial charge in [-0.2, -0.15) is 0 Å². The number of hydrogen-bond acceptors (Lipinski definition) is 4. The van der Waals surface area contributed by atoms with Gasteiger partial charge in [0.15, 0.2) is 0 Å². The van der Waals surface area contributed by atoms with Crippen LogP contribution in [0.5, 0.6) is 0 Å². The maximum Gasteiger partial charge on any atom is 0.125 e. The number of hydrogen-bond donors (Lipinski definition) is 1. The summed E-state index contributed by atoms with van der Waals surface area (Å²) in [5, 5.41) is 4.72. The fraction of sp³-hybridized carbons (Fsp3) is 0.812. The average molecular weight is 296 g/mol. The van der Waals surface area contributed by atoms with Crippen molar-refractivity contribution >= 4 is 11.3 Å². The largest absolute Gasteiger partial charge is 0.371 e. The standard InChI is InChI=1S/C16H28N2OS/c1-11(2)14-13(10-17-12(3)4)20-15(18-14)16(19-5)8-6-7-9-16/h11-12,17H,6-10H2,1-5H3. The van der Waals surface area contributed by atoms with Crippen LogP contribution in [0, 0.1) is 0 Å². The van der Waals surface area contributed by atoms with E-state index in [2.05, 4.69) is 33.0 Å². The summed E-state index contributed by atoms with van der Waals surface area (Å²) < 4.78 is 5.89. The Labute approximate surface area is 127 Å². The highest BCUT2D eigenvalue weighted by atomic mass is 32.1. The van der Waals surface area contributed by atoms with E-state index >= 15 is 0 Å². The summed E-state index contributed by atoms with van der Waals surface area (Å²) in [6.45, 7) is 9.75. The molecular weight excluding hydrogens is 268 g/mol. The second-order valence-electron chi connectivity index (χ2n) is 6.42. The molecule has 0 atom stereocenters. The smallest absolute Gasteiger partial charge is 0.125 e. The van der Waals surface area contributed by atoms with Crippen LogP contribution in [0.3, 0.4) is 0 Å². The van der Waals surface area contributed by atoms with Gasteiger partial charge in [-0.15, -0.1) is 11.3 Å². The minimum Gasteiger partial charge on any atom is -0.371 e. The SMILES string of the molecule is COC1(c2nc(C(C)C)c(CNC(C)C)s2)CCCC1. The molecule has 0 bridgehead atoms. The number of methoxy groups -OCH3 is 1. The van der Waals surface area contributed by atoms with Crippen molar-refractivity contribution in [3.63, 3.8) is 0 Å². The molecule has 1 aliphatic carbocycles. The van der Waals surface area contributed by atoms with Gasteiger partial charge in [0, 0.05) is 24.6 Å². The van der Waals surface area contributed by atoms with Crippen molar-refractivity contribution in [2.45, 2.75) is 77.5 Å². The van der Waals surface area contributed by atoms with Gasteiger partial charge in [-0.05, 0) is 18.8 Å². The third kappa shape index (κ3) is 3.23. The van der Waals surface area contributed by atoms with Crippen LogP contribution in [0.4, 0.5) is 0 Å². The Balaban J connectivity index is 2.28. The highest BCUT2D eigenvalue weighted by Gasteiger charge is 2.39. The minimum absolute atomic E-state index is 0.107. The van der Waals surface area contributed by atoms with Crippen LogP contribution in [0.1, 0.15) is 74.9 Å². The van der Waals surface area contributed by atoms with Crippen molar-refractivity contribution in [2.75, 3.05) is 7.11 Å². The maximum absolute atomic E-state index is 5.89. The zero-order valence-corrected chi connectivity index (χ0v) is 14.3. The summed E-state index contributed by atoms with van der Waals surface area (Å²) >= 11 is 1.85. The molecule has 0 aliphatic heterocycles. The first-order valence-electron chi connectivity index (χ1n) is 7.77. The first-order valence-corrected chi connectivity index (χ1v) is 8.59. The van der Waals surface area contributed by atoms with E-state index in [9.17, 15) is 0 Å². The van der Waals surface area contributed by atoms with Crippen molar-refractivity contribution in [1.29, 1.82) is 0 Å². The molecule has 1 saturated carbocycles. The van der Waals surface area contributed by atoms with Gasteiger partial charge in [-0.25, -0.2) is 4.98 Å². The molecule has 2 rings (SSSR count). The zero-order chi connectivity index (χ0) is 14.8. The molecule has 1 N–H and O–H groups in total. The van der Waals surface area contributed by atoms with Crippen molar-refractivity contribution in [3.05, 3.63) is 15.6 Å². The quantitative estimate of drug-likeness (QED) is 0.855. The van der Waals surface area contributed by atoms with Crippen molar-refractivity contribution < 1.29 is 4.74 Å². The summed E-state index contributed by atoms with van der Waals surface area (Å²) in [6, 6.07) is 0.503. The Bertz CT molecular complexity index is 434. The van der Waals surface area contributed by atoms with E-state index in [1.165, 1.54) is 28.4 Å². The van der Waals surface area contributed by atoms with E-state index in [1.807, 2.05) is 18.4 Å². The molecule has 1 aromatic rings. The van der Waals surface area contributed by atoms with Gasteiger partial charge in [-0.1, -0.05) is 40.5 Å². The van der Waals surface area contributed by atoms with Crippen LogP contribution >= 0.6 is 11.3 Å². The van der Waals surface area contributed by atoms with Crippen LogP contribution in [-0.2, 0) is 16.9 Å². The zero-order valence-electron chi connectivity index (χ0n) is 13.5. The fourth-order valence-electron chi connectivity index (χ4n) is 2.88. The molecule has 114 valence electrons. The summed E-state index contributed by atoms with van der Waals surface area (Å²) in [5.74, 6) is 0.472. The Hall–Kier alpha value is -0.450. The van der Waals surface area contributed by atoms with E-state index in [4.69, 9.17) is 9.72 Å². The third-order valence-corrected chi connectivity index (χ3v) is 5.39. The summed E-state index contributed by atoms with van der Waals surface area (Å²) in [7, 11) is 1.84. The average Bonchev–Trinajstić information content (AvgIpc) is 3.03. The van der Waals surface area contributed by atoms with Gasteiger partial charge in [-0.3, -0.25) is 0 Å². The molecular formula is C16H28N2OS. The van der Waals surface area contributed by atoms with Gasteiger partial charge < -0.3 is 10.1 Å². The molecule has 1 fully saturated rings. The molecule has 0 saturated heterocycles. The van der Waals surface area contributed by atoms with Gasteiger partial charge in [0.05, 0.1) is 5.69 Å². The van der Waals surface area contributed by atoms with Crippen molar-refractivity contribution in [2.24, 2.45) is 0 Å². The molecule has 20 heavy (non-hydrogen) atoms. The monoisotopic (exact) mass is 296 g/mol. The van der Waals surface area contributed by atoms with Crippen molar-refractivity contribution in [1.82, 2.24) is 10.3 Å². The van der Waals surface area contributed by atoms with Gasteiger partial charge in [0.2, 0.25) is 0 Å². The van der Waals surface area contributed by atoms with E-state index in [-0.39, 0.29) is 5.60 Å². The van der Waals surface area contributed by atoms with E-state index < -0.39 is 0 Å². The second-order valence-corrected chi connectivity index (χ2v) is 7.51. The number of nitrogens with one attached hydrogen (secondary N) is 1. The summed E-state index contributed by atoms with van der Waals surface area (Å²) in [5.41, 5.74) is 1.14. The second kappa shape index (κ2) is 6.54. The highest BCUT2D eigenvalue weighted by Crippen LogP contribution is 2.44. The van der Waals surface area contributed by atoms with E-state index in [0.29, 0.717) is 12.0 Å². The van der Waals surface area contributed by atoms with E-state index in [0.717, 1.165) is 19.4 Å². The first-order chi connectivity index (χ1) is 9.48. The van der Waals surface area contributed by atoms with Gasteiger partial charge in [0.1, 0.15) is 10.6 Å². The van der Waals surface area contributed by atoms with Gasteiger partial charge in [0.25, 0.3) is 0 Å². The number of thiazole rings is 1. The van der Waals surface area contributed by atoms with Gasteiger partial charge >= 0.3 is 0 Å². The lowest BCUT2D eigenvalue weighted by atomic mass is 10.0. The van der Waals surface area contributed by atoms with Crippen LogP contribution in [0.15, 0.2) is 0 Å². The Morgan fingerprint density at radius 2 is 1.90 bits per heavy atom. The Kier molecular flexibility index (Phi) is 5.21. The van der Waals surface area contributed by atoms with E-state index in [1.54, 1.807) is 0 Å². The lowest BCUT2D eigenvalue weighted by Gasteiger charge is -2.24. The van der Waals surface area contributed by atoms with Crippen LogP contribution in [0.25, 0.3) is 0 Å². The molecule has 0 spiro atoms. The first kappa shape index (κ1) is 15.9. The molecule has 3 nitrogen and oxygen atoms in total. The number of aromatic nitrogens is 1. The highest BCUT2D eigenvalue weighted by molar-refractivity contribution is 7.11. The Morgan fingerprint density at radius 3 is 2.40 bits per heavy atom. The predicted octanol–water partition coefficient (Wildman–Crippen LogP) is 4.18. The molecule has 0 amide bonds. The molecule has 1 heterocycles. The number of rotatable bonds is 6. The van der Waals surface area contributed by atoms with Crippen molar-refractivity contribution in [3.8, 4) is 0 Å². The van der Waals surface area contributed by atoms with Crippen LogP contribution in [-0.4, -0.2) is 18.1 Å². The molecule has 1 aliphatic rings. The van der Waals surface area contributed by atoms with Crippen LogP contribution < -0.4 is 5.32 Å². The third-order valence-electron chi connectivity index (χ3n) is 4.14. The summed E-state index contributed by atoms with van der Waals surface area (Å²) in [4.78, 5) is 6.35. The Morgan fingerprint density at radius 1 is 1.25 bits per heavy atom. The lowest BCUT2D eigenvalue weighted by Crippen LogP contribution is -2.24. The molecule has 0 radical (unpaired) electrons. The topological polar surface area (TPSA) is 34.1 Å². The molecule has 0 aromatic carbocycles. The summed E-state index contributed by atoms with van der Waals surface area (Å²) in [6.07, 6.45) is 4.74. The molecule has 1 aromatic heterocycles. The number of nitrogens with zero attached hydrogens (tertiary/aromatic N) is 1. The minimum atomic E-state index is -0.107. The number of ether oxygens (including phenoxy) is 1. The lowest BCUT2D eigenvalue weighted by molar-refractivity contribution is -0.00898. The maximum atomic E-state index is 5.89.